The Bertz CT molecular complexity index is 936. The first kappa shape index (κ1) is 24.8. The van der Waals surface area contributed by atoms with Crippen LogP contribution in [0.5, 0.6) is 0 Å². The van der Waals surface area contributed by atoms with Crippen LogP contribution >= 0.6 is 0 Å². The van der Waals surface area contributed by atoms with Crippen LogP contribution in [0.4, 0.5) is 4.79 Å². The molecule has 2 bridgehead atoms. The fourth-order valence-electron chi connectivity index (χ4n) is 8.44. The van der Waals surface area contributed by atoms with Crippen LogP contribution in [0.15, 0.2) is 11.6 Å². The average Bonchev–Trinajstić information content (AvgIpc) is 3.00. The highest BCUT2D eigenvalue weighted by Crippen LogP contribution is 2.75. The largest absolute Gasteiger partial charge is 0.509 e. The standard InChI is InChI=1S/C27H44O6Si/c1-13-12-26-14(2)11-16-18(25(16,7)8)17(21(26)29)19(33-34(9,10)24(4,5)6)15(3)22-27(26,20(13)28)32-23(30)31-22/h12,14-22,28-29H,11H2,1-10H3/t14-,15+,16?,17?,18-,19?,20+,21?,22-,26?,27-/m1/s1. The van der Waals surface area contributed by atoms with Crippen LogP contribution in [0.2, 0.25) is 18.1 Å². The van der Waals surface area contributed by atoms with Gasteiger partial charge in [0.2, 0.25) is 0 Å². The number of carbonyl (C=O) groups is 1. The van der Waals surface area contributed by atoms with E-state index in [0.29, 0.717) is 11.8 Å². The van der Waals surface area contributed by atoms with Gasteiger partial charge < -0.3 is 24.1 Å². The number of hydrogen-bond acceptors (Lipinski definition) is 6. The molecule has 5 aliphatic rings. The zero-order valence-electron chi connectivity index (χ0n) is 22.5. The Kier molecular flexibility index (Phi) is 5.03. The summed E-state index contributed by atoms with van der Waals surface area (Å²) in [6, 6.07) is 0. The molecule has 6 nitrogen and oxygen atoms in total. The van der Waals surface area contributed by atoms with Gasteiger partial charge in [0.15, 0.2) is 20.0 Å². The number of ether oxygens (including phenoxy) is 2. The molecule has 0 aromatic heterocycles. The third-order valence-electron chi connectivity index (χ3n) is 11.3. The third kappa shape index (κ3) is 2.70. The molecule has 5 unspecified atom stereocenters. The monoisotopic (exact) mass is 492 g/mol. The topological polar surface area (TPSA) is 85.2 Å². The zero-order chi connectivity index (χ0) is 25.4. The van der Waals surface area contributed by atoms with Gasteiger partial charge >= 0.3 is 6.16 Å². The van der Waals surface area contributed by atoms with E-state index in [1.807, 2.05) is 13.0 Å². The van der Waals surface area contributed by atoms with Gasteiger partial charge in [-0.05, 0) is 60.2 Å². The van der Waals surface area contributed by atoms with Gasteiger partial charge in [0.1, 0.15) is 6.10 Å². The Morgan fingerprint density at radius 1 is 1.18 bits per heavy atom. The maximum atomic E-state index is 12.7. The van der Waals surface area contributed by atoms with Crippen molar-refractivity contribution in [3.05, 3.63) is 11.6 Å². The summed E-state index contributed by atoms with van der Waals surface area (Å²) in [6.45, 7) is 21.9. The van der Waals surface area contributed by atoms with Crippen molar-refractivity contribution in [1.29, 1.82) is 0 Å². The number of aliphatic hydroxyl groups excluding tert-OH is 2. The molecular formula is C27H44O6Si. The molecule has 0 aromatic carbocycles. The molecule has 2 N–H and O–H groups in total. The van der Waals surface area contributed by atoms with Crippen LogP contribution in [0.3, 0.4) is 0 Å². The van der Waals surface area contributed by atoms with Crippen LogP contribution < -0.4 is 0 Å². The van der Waals surface area contributed by atoms with Crippen molar-refractivity contribution in [3.63, 3.8) is 0 Å². The Morgan fingerprint density at radius 2 is 1.79 bits per heavy atom. The lowest BCUT2D eigenvalue weighted by Gasteiger charge is -2.50. The molecule has 0 radical (unpaired) electrons. The van der Waals surface area contributed by atoms with Crippen molar-refractivity contribution >= 4 is 14.5 Å². The second kappa shape index (κ2) is 6.90. The highest BCUT2D eigenvalue weighted by atomic mass is 28.4. The van der Waals surface area contributed by atoms with Crippen molar-refractivity contribution in [1.82, 2.24) is 0 Å². The number of carbonyl (C=O) groups excluding carboxylic acids is 1. The quantitative estimate of drug-likeness (QED) is 0.324. The SMILES string of the molecule is CC1=CC23C(O)C(C(O[Si](C)(C)C(C)(C)C)[C@H](C)[C@H]4OC(=O)O[C@]42[C@H]1O)[C@H]1C(C[C@H]3C)C1(C)C. The van der Waals surface area contributed by atoms with Gasteiger partial charge in [-0.15, -0.1) is 0 Å². The van der Waals surface area contributed by atoms with Crippen LogP contribution in [0.1, 0.15) is 61.8 Å². The molecule has 0 amide bonds. The Hall–Kier alpha value is -0.893. The van der Waals surface area contributed by atoms with Gasteiger partial charge in [0.05, 0.1) is 17.6 Å². The zero-order valence-corrected chi connectivity index (χ0v) is 23.5. The lowest BCUT2D eigenvalue weighted by Crippen LogP contribution is -2.65. The molecule has 192 valence electrons. The summed E-state index contributed by atoms with van der Waals surface area (Å²) in [5, 5.41) is 24.1. The number of fused-ring (bicyclic) bond motifs is 3. The molecule has 34 heavy (non-hydrogen) atoms. The second-order valence-corrected chi connectivity index (χ2v) is 19.0. The van der Waals surface area contributed by atoms with Crippen LogP contribution in [0, 0.1) is 40.4 Å². The second-order valence-electron chi connectivity index (χ2n) is 14.2. The van der Waals surface area contributed by atoms with E-state index in [1.54, 1.807) is 0 Å². The highest BCUT2D eigenvalue weighted by Gasteiger charge is 2.82. The Labute approximate surface area is 205 Å². The Morgan fingerprint density at radius 3 is 2.38 bits per heavy atom. The molecule has 1 heterocycles. The molecule has 7 heteroatoms. The van der Waals surface area contributed by atoms with Crippen molar-refractivity contribution in [3.8, 4) is 0 Å². The molecule has 5 rings (SSSR count). The van der Waals surface area contributed by atoms with E-state index in [2.05, 4.69) is 61.6 Å². The first-order chi connectivity index (χ1) is 15.4. The fraction of sp³-hybridized carbons (Fsp3) is 0.889. The van der Waals surface area contributed by atoms with E-state index in [9.17, 15) is 15.0 Å². The molecule has 0 aromatic rings. The summed E-state index contributed by atoms with van der Waals surface area (Å²) in [6.07, 6.45) is -0.629. The fourth-order valence-corrected chi connectivity index (χ4v) is 9.84. The highest BCUT2D eigenvalue weighted by molar-refractivity contribution is 6.74. The smallest absolute Gasteiger partial charge is 0.426 e. The predicted molar refractivity (Wildman–Crippen MR) is 132 cm³/mol. The third-order valence-corrected chi connectivity index (χ3v) is 15.8. The van der Waals surface area contributed by atoms with E-state index in [1.165, 1.54) is 0 Å². The van der Waals surface area contributed by atoms with E-state index >= 15 is 0 Å². The van der Waals surface area contributed by atoms with E-state index < -0.39 is 43.8 Å². The molecular weight excluding hydrogens is 448 g/mol. The molecule has 3 saturated carbocycles. The summed E-state index contributed by atoms with van der Waals surface area (Å²) >= 11 is 0. The van der Waals surface area contributed by atoms with Gasteiger partial charge in [0, 0.05) is 11.8 Å². The van der Waals surface area contributed by atoms with Gasteiger partial charge in [-0.25, -0.2) is 4.79 Å². The van der Waals surface area contributed by atoms with Crippen LogP contribution in [-0.4, -0.2) is 54.7 Å². The molecule has 4 fully saturated rings. The summed E-state index contributed by atoms with van der Waals surface area (Å²) in [7, 11) is -2.24. The maximum absolute atomic E-state index is 12.7. The Balaban J connectivity index is 1.75. The minimum atomic E-state index is -2.24. The maximum Gasteiger partial charge on any atom is 0.509 e. The molecule has 4 aliphatic carbocycles. The van der Waals surface area contributed by atoms with Crippen molar-refractivity contribution in [2.75, 3.05) is 0 Å². The summed E-state index contributed by atoms with van der Waals surface area (Å²) in [5.74, 6) is 0.396. The number of rotatable bonds is 2. The number of aliphatic hydroxyl groups is 2. The van der Waals surface area contributed by atoms with Gasteiger partial charge in [-0.2, -0.15) is 0 Å². The average molecular weight is 493 g/mol. The molecule has 1 saturated heterocycles. The number of hydrogen-bond donors (Lipinski definition) is 2. The van der Waals surface area contributed by atoms with E-state index in [0.717, 1.165) is 12.0 Å². The van der Waals surface area contributed by atoms with Gasteiger partial charge in [0.25, 0.3) is 0 Å². The molecule has 11 atom stereocenters. The van der Waals surface area contributed by atoms with Crippen LogP contribution in [-0.2, 0) is 13.9 Å². The van der Waals surface area contributed by atoms with Crippen molar-refractivity contribution < 1.29 is 28.9 Å². The molecule has 1 aliphatic heterocycles. The summed E-state index contributed by atoms with van der Waals surface area (Å²) in [5.41, 5.74) is -1.40. The van der Waals surface area contributed by atoms with E-state index in [-0.39, 0.29) is 34.3 Å². The van der Waals surface area contributed by atoms with Gasteiger partial charge in [-0.1, -0.05) is 54.5 Å². The first-order valence-corrected chi connectivity index (χ1v) is 16.0. The first-order valence-electron chi connectivity index (χ1n) is 13.1. The predicted octanol–water partition coefficient (Wildman–Crippen LogP) is 4.90. The molecule has 2 spiro atoms. The summed E-state index contributed by atoms with van der Waals surface area (Å²) < 4.78 is 19.2. The normalized spacial score (nSPS) is 51.2. The van der Waals surface area contributed by atoms with Crippen molar-refractivity contribution in [2.45, 2.75) is 110 Å². The van der Waals surface area contributed by atoms with Crippen molar-refractivity contribution in [2.24, 2.45) is 40.4 Å². The van der Waals surface area contributed by atoms with Gasteiger partial charge in [-0.3, -0.25) is 0 Å². The van der Waals surface area contributed by atoms with E-state index in [4.69, 9.17) is 13.9 Å². The van der Waals surface area contributed by atoms with Crippen LogP contribution in [0.25, 0.3) is 0 Å². The lowest BCUT2D eigenvalue weighted by atomic mass is 9.58. The summed E-state index contributed by atoms with van der Waals surface area (Å²) in [4.78, 5) is 12.7. The minimum absolute atomic E-state index is 0.00435. The lowest BCUT2D eigenvalue weighted by molar-refractivity contribution is -0.178. The minimum Gasteiger partial charge on any atom is -0.426 e.